The molecule has 17 heavy (non-hydrogen) atoms. The zero-order valence-corrected chi connectivity index (χ0v) is 11.2. The lowest BCUT2D eigenvalue weighted by atomic mass is 10.1. The van der Waals surface area contributed by atoms with Gasteiger partial charge in [0.05, 0.1) is 0 Å². The number of nitrogens with zero attached hydrogens (tertiary/aromatic N) is 1. The van der Waals surface area contributed by atoms with Crippen LogP contribution in [-0.4, -0.2) is 4.98 Å². The van der Waals surface area contributed by atoms with Crippen LogP contribution in [0.3, 0.4) is 0 Å². The Morgan fingerprint density at radius 2 is 1.47 bits per heavy atom. The van der Waals surface area contributed by atoms with Crippen molar-refractivity contribution in [3.8, 4) is 11.1 Å². The Kier molecular flexibility index (Phi) is 5.41. The first-order valence-corrected chi connectivity index (χ1v) is 6.17. The second-order valence-corrected chi connectivity index (χ2v) is 4.26. The van der Waals surface area contributed by atoms with Gasteiger partial charge in [-0.3, -0.25) is 4.98 Å². The first-order chi connectivity index (χ1) is 8.17. The Hall–Kier alpha value is -1.63. The fraction of sp³-hybridized carbons (Fsp3) is 0.312. The van der Waals surface area contributed by atoms with Gasteiger partial charge in [-0.15, -0.1) is 0 Å². The van der Waals surface area contributed by atoms with Crippen LogP contribution < -0.4 is 0 Å². The highest BCUT2D eigenvalue weighted by molar-refractivity contribution is 5.63. The third-order valence-electron chi connectivity index (χ3n) is 2.28. The average molecular weight is 227 g/mol. The normalized spacial score (nSPS) is 9.41. The molecule has 0 aliphatic heterocycles. The second kappa shape index (κ2) is 6.85. The van der Waals surface area contributed by atoms with E-state index in [4.69, 9.17) is 0 Å². The monoisotopic (exact) mass is 227 g/mol. The Morgan fingerprint density at radius 3 is 2.00 bits per heavy atom. The van der Waals surface area contributed by atoms with E-state index in [1.807, 2.05) is 19.2 Å². The molecule has 2 rings (SSSR count). The van der Waals surface area contributed by atoms with Gasteiger partial charge in [-0.1, -0.05) is 50.1 Å². The highest BCUT2D eigenvalue weighted by Crippen LogP contribution is 2.19. The van der Waals surface area contributed by atoms with E-state index in [-0.39, 0.29) is 0 Å². The summed E-state index contributed by atoms with van der Waals surface area (Å²) < 4.78 is 0. The molecule has 1 nitrogen and oxygen atoms in total. The standard InChI is InChI=1S/C13H13N.C3H8/c1-10-3-5-12(6-4-10)13-7-8-14-11(2)9-13;1-3-2/h3-9H,1-2H3;3H2,1-2H3. The second-order valence-electron chi connectivity index (χ2n) is 4.26. The van der Waals surface area contributed by atoms with Crippen molar-refractivity contribution in [2.75, 3.05) is 0 Å². The summed E-state index contributed by atoms with van der Waals surface area (Å²) in [5.74, 6) is 0. The Bertz CT molecular complexity index is 443. The summed E-state index contributed by atoms with van der Waals surface area (Å²) in [6.07, 6.45) is 3.10. The molecule has 2 aromatic rings. The third-order valence-corrected chi connectivity index (χ3v) is 2.28. The summed E-state index contributed by atoms with van der Waals surface area (Å²) in [5, 5.41) is 0. The fourth-order valence-corrected chi connectivity index (χ4v) is 1.47. The lowest BCUT2D eigenvalue weighted by molar-refractivity contribution is 1.09. The lowest BCUT2D eigenvalue weighted by Gasteiger charge is -2.02. The predicted octanol–water partition coefficient (Wildman–Crippen LogP) is 4.78. The zero-order chi connectivity index (χ0) is 12.7. The van der Waals surface area contributed by atoms with Crippen LogP contribution in [-0.2, 0) is 0 Å². The van der Waals surface area contributed by atoms with E-state index in [1.54, 1.807) is 0 Å². The van der Waals surface area contributed by atoms with E-state index in [1.165, 1.54) is 23.1 Å². The van der Waals surface area contributed by atoms with Crippen molar-refractivity contribution in [1.29, 1.82) is 0 Å². The van der Waals surface area contributed by atoms with Crippen molar-refractivity contribution in [3.05, 3.63) is 53.9 Å². The van der Waals surface area contributed by atoms with Gasteiger partial charge in [-0.25, -0.2) is 0 Å². The van der Waals surface area contributed by atoms with Crippen LogP contribution in [0, 0.1) is 13.8 Å². The zero-order valence-electron chi connectivity index (χ0n) is 11.2. The molecule has 0 atom stereocenters. The molecule has 1 heterocycles. The summed E-state index contributed by atoms with van der Waals surface area (Å²) in [6, 6.07) is 12.7. The van der Waals surface area contributed by atoms with Crippen LogP contribution in [0.25, 0.3) is 11.1 Å². The summed E-state index contributed by atoms with van der Waals surface area (Å²) in [4.78, 5) is 4.18. The molecule has 0 unspecified atom stereocenters. The molecule has 0 bridgehead atoms. The maximum Gasteiger partial charge on any atom is 0.0378 e. The number of hydrogen-bond acceptors (Lipinski definition) is 1. The highest BCUT2D eigenvalue weighted by atomic mass is 14.6. The maximum absolute atomic E-state index is 4.18. The molecule has 0 aliphatic carbocycles. The van der Waals surface area contributed by atoms with E-state index in [0.29, 0.717) is 0 Å². The molecule has 0 amide bonds. The van der Waals surface area contributed by atoms with Gasteiger partial charge in [0.2, 0.25) is 0 Å². The Morgan fingerprint density at radius 1 is 0.882 bits per heavy atom. The van der Waals surface area contributed by atoms with Gasteiger partial charge >= 0.3 is 0 Å². The van der Waals surface area contributed by atoms with Gasteiger partial charge in [-0.2, -0.15) is 0 Å². The van der Waals surface area contributed by atoms with Gasteiger partial charge in [0, 0.05) is 11.9 Å². The topological polar surface area (TPSA) is 12.9 Å². The first kappa shape index (κ1) is 13.4. The smallest absolute Gasteiger partial charge is 0.0378 e. The molecule has 0 N–H and O–H groups in total. The molecule has 0 aliphatic rings. The number of pyridine rings is 1. The molecule has 0 radical (unpaired) electrons. The first-order valence-electron chi connectivity index (χ1n) is 6.17. The molecule has 0 saturated heterocycles. The molecule has 1 aromatic carbocycles. The van der Waals surface area contributed by atoms with Crippen LogP contribution >= 0.6 is 0 Å². The van der Waals surface area contributed by atoms with Crippen molar-refractivity contribution in [3.63, 3.8) is 0 Å². The van der Waals surface area contributed by atoms with Gasteiger partial charge in [0.15, 0.2) is 0 Å². The molecule has 1 heteroatoms. The average Bonchev–Trinajstić information content (AvgIpc) is 2.31. The maximum atomic E-state index is 4.18. The van der Waals surface area contributed by atoms with Crippen LogP contribution in [0.1, 0.15) is 31.5 Å². The number of hydrogen-bond donors (Lipinski definition) is 0. The van der Waals surface area contributed by atoms with Crippen molar-refractivity contribution in [2.24, 2.45) is 0 Å². The molecule has 1 aromatic heterocycles. The fourth-order valence-electron chi connectivity index (χ4n) is 1.47. The van der Waals surface area contributed by atoms with E-state index >= 15 is 0 Å². The van der Waals surface area contributed by atoms with E-state index in [2.05, 4.69) is 56.1 Å². The molecular formula is C16H21N. The number of aromatic nitrogens is 1. The third kappa shape index (κ3) is 4.39. The number of benzene rings is 1. The minimum absolute atomic E-state index is 1.06. The number of rotatable bonds is 1. The van der Waals surface area contributed by atoms with Crippen LogP contribution in [0.5, 0.6) is 0 Å². The minimum atomic E-state index is 1.06. The molecule has 90 valence electrons. The van der Waals surface area contributed by atoms with Crippen molar-refractivity contribution < 1.29 is 0 Å². The van der Waals surface area contributed by atoms with Gasteiger partial charge < -0.3 is 0 Å². The van der Waals surface area contributed by atoms with Gasteiger partial charge in [0.25, 0.3) is 0 Å². The van der Waals surface area contributed by atoms with Crippen molar-refractivity contribution >= 4 is 0 Å². The van der Waals surface area contributed by atoms with Crippen LogP contribution in [0.2, 0.25) is 0 Å². The summed E-state index contributed by atoms with van der Waals surface area (Å²) in [7, 11) is 0. The largest absolute Gasteiger partial charge is 0.262 e. The van der Waals surface area contributed by atoms with Crippen molar-refractivity contribution in [2.45, 2.75) is 34.1 Å². The SMILES string of the molecule is CCC.Cc1ccc(-c2ccnc(C)c2)cc1. The number of aryl methyl sites for hydroxylation is 2. The Balaban J connectivity index is 0.000000437. The van der Waals surface area contributed by atoms with Crippen LogP contribution in [0.4, 0.5) is 0 Å². The predicted molar refractivity (Wildman–Crippen MR) is 75.1 cm³/mol. The summed E-state index contributed by atoms with van der Waals surface area (Å²) >= 11 is 0. The van der Waals surface area contributed by atoms with Gasteiger partial charge in [0.1, 0.15) is 0 Å². The molecule has 0 spiro atoms. The van der Waals surface area contributed by atoms with Crippen LogP contribution in [0.15, 0.2) is 42.6 Å². The van der Waals surface area contributed by atoms with E-state index in [9.17, 15) is 0 Å². The lowest BCUT2D eigenvalue weighted by Crippen LogP contribution is -1.82. The van der Waals surface area contributed by atoms with E-state index in [0.717, 1.165) is 5.69 Å². The molecule has 0 saturated carbocycles. The Labute approximate surface area is 105 Å². The quantitative estimate of drug-likeness (QED) is 0.683. The van der Waals surface area contributed by atoms with E-state index < -0.39 is 0 Å². The minimum Gasteiger partial charge on any atom is -0.262 e. The summed E-state index contributed by atoms with van der Waals surface area (Å²) in [5.41, 5.74) is 4.83. The molecular weight excluding hydrogens is 206 g/mol. The summed E-state index contributed by atoms with van der Waals surface area (Å²) in [6.45, 7) is 8.36. The van der Waals surface area contributed by atoms with Gasteiger partial charge in [-0.05, 0) is 37.1 Å². The van der Waals surface area contributed by atoms with Crippen molar-refractivity contribution in [1.82, 2.24) is 4.98 Å². The highest BCUT2D eigenvalue weighted by Gasteiger charge is 1.96. The molecule has 0 fully saturated rings.